The molecule has 2 unspecified atom stereocenters. The van der Waals surface area contributed by atoms with Gasteiger partial charge in [0.1, 0.15) is 5.75 Å². The van der Waals surface area contributed by atoms with Gasteiger partial charge >= 0.3 is 0 Å². The van der Waals surface area contributed by atoms with Crippen LogP contribution in [0, 0.1) is 5.92 Å². The van der Waals surface area contributed by atoms with Crippen molar-refractivity contribution in [1.29, 1.82) is 0 Å². The fourth-order valence-electron chi connectivity index (χ4n) is 2.43. The molecule has 0 aliphatic carbocycles. The van der Waals surface area contributed by atoms with E-state index >= 15 is 0 Å². The first kappa shape index (κ1) is 13.8. The molecule has 1 aliphatic rings. The van der Waals surface area contributed by atoms with E-state index in [1.807, 2.05) is 0 Å². The summed E-state index contributed by atoms with van der Waals surface area (Å²) in [6.07, 6.45) is 3.59. The predicted molar refractivity (Wildman–Crippen MR) is 75.4 cm³/mol. The molecule has 1 N–H and O–H groups in total. The normalized spacial score (nSPS) is 21.8. The van der Waals surface area contributed by atoms with Crippen molar-refractivity contribution in [3.8, 4) is 5.75 Å². The Kier molecular flexibility index (Phi) is 5.47. The van der Waals surface area contributed by atoms with E-state index in [9.17, 15) is 0 Å². The molecule has 0 radical (unpaired) electrons. The maximum Gasteiger partial charge on any atom is 0.129 e. The summed E-state index contributed by atoms with van der Waals surface area (Å²) in [5.41, 5.74) is 0. The van der Waals surface area contributed by atoms with E-state index in [0.717, 1.165) is 31.9 Å². The lowest BCUT2D eigenvalue weighted by molar-refractivity contribution is 0.0395. The molecule has 0 spiro atoms. The minimum absolute atomic E-state index is 0.416. The van der Waals surface area contributed by atoms with Gasteiger partial charge in [-0.15, -0.1) is 11.3 Å². The maximum absolute atomic E-state index is 5.63. The highest BCUT2D eigenvalue weighted by atomic mass is 32.1. The number of methoxy groups -OCH3 is 1. The van der Waals surface area contributed by atoms with Crippen molar-refractivity contribution in [2.24, 2.45) is 5.92 Å². The van der Waals surface area contributed by atoms with Crippen LogP contribution in [0.1, 0.15) is 37.1 Å². The Morgan fingerprint density at radius 1 is 1.61 bits per heavy atom. The highest BCUT2D eigenvalue weighted by Crippen LogP contribution is 2.34. The van der Waals surface area contributed by atoms with E-state index in [1.165, 1.54) is 17.7 Å². The summed E-state index contributed by atoms with van der Waals surface area (Å²) in [5, 5.41) is 5.75. The van der Waals surface area contributed by atoms with Gasteiger partial charge in [0, 0.05) is 28.8 Å². The first-order chi connectivity index (χ1) is 8.85. The third-order valence-electron chi connectivity index (χ3n) is 3.42. The molecule has 4 heteroatoms. The summed E-state index contributed by atoms with van der Waals surface area (Å²) < 4.78 is 10.9. The molecule has 18 heavy (non-hydrogen) atoms. The van der Waals surface area contributed by atoms with E-state index in [4.69, 9.17) is 9.47 Å². The van der Waals surface area contributed by atoms with Gasteiger partial charge in [-0.05, 0) is 31.9 Å². The van der Waals surface area contributed by atoms with E-state index in [1.54, 1.807) is 18.4 Å². The SMILES string of the molecule is CCCNC(c1cc(OC)cs1)C1CCCOC1. The largest absolute Gasteiger partial charge is 0.496 e. The molecule has 2 heterocycles. The van der Waals surface area contributed by atoms with Gasteiger partial charge in [0.15, 0.2) is 0 Å². The van der Waals surface area contributed by atoms with Crippen LogP contribution in [0.5, 0.6) is 5.75 Å². The molecule has 0 aromatic carbocycles. The van der Waals surface area contributed by atoms with E-state index in [-0.39, 0.29) is 0 Å². The lowest BCUT2D eigenvalue weighted by Crippen LogP contribution is -2.33. The minimum Gasteiger partial charge on any atom is -0.496 e. The topological polar surface area (TPSA) is 30.5 Å². The van der Waals surface area contributed by atoms with Crippen molar-refractivity contribution < 1.29 is 9.47 Å². The second kappa shape index (κ2) is 7.12. The Balaban J connectivity index is 2.07. The lowest BCUT2D eigenvalue weighted by atomic mass is 9.92. The van der Waals surface area contributed by atoms with Crippen molar-refractivity contribution in [3.63, 3.8) is 0 Å². The van der Waals surface area contributed by atoms with Gasteiger partial charge in [-0.25, -0.2) is 0 Å². The Bertz CT molecular complexity index is 347. The Hall–Kier alpha value is -0.580. The number of nitrogens with one attached hydrogen (secondary N) is 1. The number of ether oxygens (including phenoxy) is 2. The van der Waals surface area contributed by atoms with Crippen LogP contribution in [0.3, 0.4) is 0 Å². The third kappa shape index (κ3) is 3.46. The molecule has 0 amide bonds. The van der Waals surface area contributed by atoms with Crippen LogP contribution in [-0.2, 0) is 4.74 Å². The molecule has 2 atom stereocenters. The number of hydrogen-bond donors (Lipinski definition) is 1. The molecule has 102 valence electrons. The lowest BCUT2D eigenvalue weighted by Gasteiger charge is -2.30. The van der Waals surface area contributed by atoms with Crippen LogP contribution >= 0.6 is 11.3 Å². The van der Waals surface area contributed by atoms with Crippen molar-refractivity contribution in [2.75, 3.05) is 26.9 Å². The van der Waals surface area contributed by atoms with Gasteiger partial charge in [-0.2, -0.15) is 0 Å². The molecular weight excluding hydrogens is 246 g/mol. The fourth-order valence-corrected chi connectivity index (χ4v) is 3.46. The van der Waals surface area contributed by atoms with Crippen LogP contribution in [0.2, 0.25) is 0 Å². The first-order valence-electron chi connectivity index (χ1n) is 6.78. The highest BCUT2D eigenvalue weighted by Gasteiger charge is 2.26. The Morgan fingerprint density at radius 2 is 2.50 bits per heavy atom. The first-order valence-corrected chi connectivity index (χ1v) is 7.66. The number of rotatable bonds is 6. The summed E-state index contributed by atoms with van der Waals surface area (Å²) in [6.45, 7) is 5.06. The van der Waals surface area contributed by atoms with Crippen molar-refractivity contribution in [1.82, 2.24) is 5.32 Å². The van der Waals surface area contributed by atoms with Gasteiger partial charge in [-0.1, -0.05) is 6.92 Å². The highest BCUT2D eigenvalue weighted by molar-refractivity contribution is 7.10. The smallest absolute Gasteiger partial charge is 0.129 e. The predicted octanol–water partition coefficient (Wildman–Crippen LogP) is 3.22. The molecular formula is C14H23NO2S. The van der Waals surface area contributed by atoms with Crippen molar-refractivity contribution >= 4 is 11.3 Å². The second-order valence-corrected chi connectivity index (χ2v) is 5.74. The fraction of sp³-hybridized carbons (Fsp3) is 0.714. The van der Waals surface area contributed by atoms with Crippen molar-refractivity contribution in [2.45, 2.75) is 32.2 Å². The average molecular weight is 269 g/mol. The summed E-state index contributed by atoms with van der Waals surface area (Å²) in [4.78, 5) is 1.37. The van der Waals surface area contributed by atoms with Crippen LogP contribution < -0.4 is 10.1 Å². The molecule has 0 saturated carbocycles. The zero-order valence-electron chi connectivity index (χ0n) is 11.3. The summed E-state index contributed by atoms with van der Waals surface area (Å²) in [6, 6.07) is 2.58. The average Bonchev–Trinajstić information content (AvgIpc) is 2.89. The summed E-state index contributed by atoms with van der Waals surface area (Å²) in [5.74, 6) is 1.56. The molecule has 3 nitrogen and oxygen atoms in total. The molecule has 0 bridgehead atoms. The minimum atomic E-state index is 0.416. The Morgan fingerprint density at radius 3 is 3.11 bits per heavy atom. The van der Waals surface area contributed by atoms with Gasteiger partial charge in [0.05, 0.1) is 13.7 Å². The van der Waals surface area contributed by atoms with Crippen LogP contribution in [-0.4, -0.2) is 26.9 Å². The second-order valence-electron chi connectivity index (χ2n) is 4.80. The molecule has 1 fully saturated rings. The molecule has 1 aromatic rings. The van der Waals surface area contributed by atoms with E-state index in [2.05, 4.69) is 23.7 Å². The molecule has 2 rings (SSSR count). The summed E-state index contributed by atoms with van der Waals surface area (Å²) >= 11 is 1.78. The summed E-state index contributed by atoms with van der Waals surface area (Å²) in [7, 11) is 1.73. The zero-order valence-corrected chi connectivity index (χ0v) is 12.1. The number of hydrogen-bond acceptors (Lipinski definition) is 4. The molecule has 1 aromatic heterocycles. The van der Waals surface area contributed by atoms with Gasteiger partial charge in [0.2, 0.25) is 0 Å². The van der Waals surface area contributed by atoms with Gasteiger partial charge in [-0.3, -0.25) is 0 Å². The van der Waals surface area contributed by atoms with E-state index in [0.29, 0.717) is 12.0 Å². The zero-order chi connectivity index (χ0) is 12.8. The third-order valence-corrected chi connectivity index (χ3v) is 4.41. The molecule has 1 saturated heterocycles. The van der Waals surface area contributed by atoms with Crippen molar-refractivity contribution in [3.05, 3.63) is 16.3 Å². The van der Waals surface area contributed by atoms with E-state index < -0.39 is 0 Å². The van der Waals surface area contributed by atoms with Crippen LogP contribution in [0.25, 0.3) is 0 Å². The van der Waals surface area contributed by atoms with Gasteiger partial charge in [0.25, 0.3) is 0 Å². The van der Waals surface area contributed by atoms with Crippen LogP contribution in [0.15, 0.2) is 11.4 Å². The molecule has 1 aliphatic heterocycles. The van der Waals surface area contributed by atoms with Crippen LogP contribution in [0.4, 0.5) is 0 Å². The maximum atomic E-state index is 5.63. The van der Waals surface area contributed by atoms with Gasteiger partial charge < -0.3 is 14.8 Å². The quantitative estimate of drug-likeness (QED) is 0.860. The standard InChI is InChI=1S/C14H23NO2S/c1-3-6-15-14(11-5-4-7-17-9-11)13-8-12(16-2)10-18-13/h8,10-11,14-15H,3-7,9H2,1-2H3. The monoisotopic (exact) mass is 269 g/mol. The number of thiophene rings is 1. The Labute approximate surface area is 113 Å².